The Labute approximate surface area is 148 Å². The molecule has 25 heavy (non-hydrogen) atoms. The van der Waals surface area contributed by atoms with Crippen molar-refractivity contribution in [3.05, 3.63) is 18.1 Å². The zero-order valence-electron chi connectivity index (χ0n) is 14.8. The van der Waals surface area contributed by atoms with Crippen LogP contribution in [0.15, 0.2) is 12.4 Å². The Morgan fingerprint density at radius 1 is 1.28 bits per heavy atom. The van der Waals surface area contributed by atoms with Crippen LogP contribution in [-0.4, -0.2) is 91.4 Å². The standard InChI is InChI=1S/C16H25N5O3S/c1-3-20-5-7-21(8-6-20)15-10-14(17-12-18-15)16(22)19(2)13-4-9-25(23,24)11-13/h10,12-13H,3-9,11H2,1-2H3. The Morgan fingerprint density at radius 2 is 2.00 bits per heavy atom. The molecule has 1 aromatic rings. The van der Waals surface area contributed by atoms with Gasteiger partial charge in [-0.25, -0.2) is 18.4 Å². The number of likely N-dealkylation sites (N-methyl/N-ethyl adjacent to an activating group) is 1. The van der Waals surface area contributed by atoms with E-state index in [2.05, 4.69) is 26.7 Å². The van der Waals surface area contributed by atoms with Crippen molar-refractivity contribution >= 4 is 21.6 Å². The summed E-state index contributed by atoms with van der Waals surface area (Å²) in [7, 11) is -1.38. The van der Waals surface area contributed by atoms with Crippen molar-refractivity contribution in [1.82, 2.24) is 19.8 Å². The van der Waals surface area contributed by atoms with Crippen LogP contribution in [0.1, 0.15) is 23.8 Å². The molecular weight excluding hydrogens is 342 g/mol. The Bertz CT molecular complexity index is 731. The summed E-state index contributed by atoms with van der Waals surface area (Å²) in [5.74, 6) is 0.678. The van der Waals surface area contributed by atoms with Crippen LogP contribution in [-0.2, 0) is 9.84 Å². The number of anilines is 1. The van der Waals surface area contributed by atoms with Crippen molar-refractivity contribution in [2.75, 3.05) is 56.2 Å². The molecule has 2 aliphatic heterocycles. The maximum atomic E-state index is 12.7. The molecule has 0 bridgehead atoms. The van der Waals surface area contributed by atoms with E-state index < -0.39 is 9.84 Å². The number of aromatic nitrogens is 2. The molecule has 2 saturated heterocycles. The fourth-order valence-electron chi connectivity index (χ4n) is 3.36. The van der Waals surface area contributed by atoms with E-state index in [1.165, 1.54) is 11.2 Å². The van der Waals surface area contributed by atoms with Gasteiger partial charge in [0.05, 0.1) is 11.5 Å². The van der Waals surface area contributed by atoms with Gasteiger partial charge in [0.1, 0.15) is 17.8 Å². The SMILES string of the molecule is CCN1CCN(c2cc(C(=O)N(C)C3CCS(=O)(=O)C3)ncn2)CC1. The van der Waals surface area contributed by atoms with E-state index in [9.17, 15) is 13.2 Å². The largest absolute Gasteiger partial charge is 0.354 e. The third-order valence-corrected chi connectivity index (χ3v) is 6.84. The van der Waals surface area contributed by atoms with Crippen LogP contribution < -0.4 is 4.90 Å². The fraction of sp³-hybridized carbons (Fsp3) is 0.688. The third-order valence-electron chi connectivity index (χ3n) is 5.09. The van der Waals surface area contributed by atoms with E-state index in [0.717, 1.165) is 38.5 Å². The summed E-state index contributed by atoms with van der Waals surface area (Å²) in [6.45, 7) is 6.88. The predicted octanol–water partition coefficient (Wildman–Crippen LogP) is -0.122. The lowest BCUT2D eigenvalue weighted by molar-refractivity contribution is 0.0741. The topological polar surface area (TPSA) is 86.7 Å². The maximum Gasteiger partial charge on any atom is 0.272 e. The number of hydrogen-bond acceptors (Lipinski definition) is 7. The van der Waals surface area contributed by atoms with Crippen molar-refractivity contribution in [2.24, 2.45) is 0 Å². The summed E-state index contributed by atoms with van der Waals surface area (Å²) in [5, 5.41) is 0. The number of nitrogens with zero attached hydrogens (tertiary/aromatic N) is 5. The summed E-state index contributed by atoms with van der Waals surface area (Å²) in [6, 6.07) is 1.44. The summed E-state index contributed by atoms with van der Waals surface area (Å²) in [4.78, 5) is 27.1. The molecule has 0 aromatic carbocycles. The first kappa shape index (κ1) is 18.1. The summed E-state index contributed by atoms with van der Waals surface area (Å²) < 4.78 is 23.3. The lowest BCUT2D eigenvalue weighted by atomic mass is 10.2. The highest BCUT2D eigenvalue weighted by Gasteiger charge is 2.33. The minimum Gasteiger partial charge on any atom is -0.354 e. The predicted molar refractivity (Wildman–Crippen MR) is 95.5 cm³/mol. The molecule has 1 aromatic heterocycles. The molecule has 2 fully saturated rings. The number of amides is 1. The molecule has 8 nitrogen and oxygen atoms in total. The second-order valence-electron chi connectivity index (χ2n) is 6.66. The quantitative estimate of drug-likeness (QED) is 0.733. The average molecular weight is 367 g/mol. The Hall–Kier alpha value is -1.74. The summed E-state index contributed by atoms with van der Waals surface area (Å²) in [5.41, 5.74) is 0.315. The fourth-order valence-corrected chi connectivity index (χ4v) is 5.13. The Morgan fingerprint density at radius 3 is 2.60 bits per heavy atom. The Kier molecular flexibility index (Phi) is 5.24. The summed E-state index contributed by atoms with van der Waals surface area (Å²) in [6.07, 6.45) is 1.90. The Balaban J connectivity index is 1.70. The van der Waals surface area contributed by atoms with Crippen LogP contribution in [0.3, 0.4) is 0 Å². The highest BCUT2D eigenvalue weighted by atomic mass is 32.2. The van der Waals surface area contributed by atoms with Gasteiger partial charge in [-0.2, -0.15) is 0 Å². The molecule has 2 aliphatic rings. The molecule has 0 N–H and O–H groups in total. The van der Waals surface area contributed by atoms with Gasteiger partial charge in [0.15, 0.2) is 9.84 Å². The summed E-state index contributed by atoms with van der Waals surface area (Å²) >= 11 is 0. The first-order valence-corrected chi connectivity index (χ1v) is 10.5. The van der Waals surface area contributed by atoms with Gasteiger partial charge >= 0.3 is 0 Å². The maximum absolute atomic E-state index is 12.7. The second kappa shape index (κ2) is 7.25. The van der Waals surface area contributed by atoms with Gasteiger partial charge in [-0.3, -0.25) is 4.79 Å². The zero-order chi connectivity index (χ0) is 18.0. The molecule has 0 spiro atoms. The van der Waals surface area contributed by atoms with Crippen LogP contribution in [0.2, 0.25) is 0 Å². The van der Waals surface area contributed by atoms with E-state index >= 15 is 0 Å². The van der Waals surface area contributed by atoms with Gasteiger partial charge in [-0.1, -0.05) is 6.92 Å². The number of carbonyl (C=O) groups is 1. The van der Waals surface area contributed by atoms with E-state index in [1.54, 1.807) is 13.1 Å². The van der Waals surface area contributed by atoms with Crippen LogP contribution in [0, 0.1) is 0 Å². The molecule has 3 heterocycles. The van der Waals surface area contributed by atoms with Gasteiger partial charge in [0.25, 0.3) is 5.91 Å². The monoisotopic (exact) mass is 367 g/mol. The van der Waals surface area contributed by atoms with Crippen molar-refractivity contribution < 1.29 is 13.2 Å². The van der Waals surface area contributed by atoms with Crippen LogP contribution in [0.5, 0.6) is 0 Å². The first-order valence-electron chi connectivity index (χ1n) is 8.66. The first-order chi connectivity index (χ1) is 11.9. The molecule has 1 amide bonds. The molecule has 138 valence electrons. The van der Waals surface area contributed by atoms with Crippen molar-refractivity contribution in [2.45, 2.75) is 19.4 Å². The molecule has 3 rings (SSSR count). The van der Waals surface area contributed by atoms with Gasteiger partial charge in [0.2, 0.25) is 0 Å². The van der Waals surface area contributed by atoms with E-state index in [-0.39, 0.29) is 23.5 Å². The molecule has 1 atom stereocenters. The highest BCUT2D eigenvalue weighted by molar-refractivity contribution is 7.91. The lowest BCUT2D eigenvalue weighted by Crippen LogP contribution is -2.46. The van der Waals surface area contributed by atoms with Crippen molar-refractivity contribution in [3.63, 3.8) is 0 Å². The van der Waals surface area contributed by atoms with Gasteiger partial charge in [-0.05, 0) is 13.0 Å². The van der Waals surface area contributed by atoms with E-state index in [4.69, 9.17) is 0 Å². The normalized spacial score (nSPS) is 23.6. The van der Waals surface area contributed by atoms with E-state index in [1.807, 2.05) is 0 Å². The van der Waals surface area contributed by atoms with Gasteiger partial charge in [-0.15, -0.1) is 0 Å². The lowest BCUT2D eigenvalue weighted by Gasteiger charge is -2.34. The smallest absolute Gasteiger partial charge is 0.272 e. The average Bonchev–Trinajstić information content (AvgIpc) is 3.00. The molecule has 0 aliphatic carbocycles. The number of hydrogen-bond donors (Lipinski definition) is 0. The molecule has 0 saturated carbocycles. The minimum atomic E-state index is -3.03. The van der Waals surface area contributed by atoms with E-state index in [0.29, 0.717) is 12.1 Å². The zero-order valence-corrected chi connectivity index (χ0v) is 15.6. The number of rotatable bonds is 4. The molecule has 1 unspecified atom stereocenters. The van der Waals surface area contributed by atoms with Crippen LogP contribution in [0.25, 0.3) is 0 Å². The molecular formula is C16H25N5O3S. The number of piperazine rings is 1. The van der Waals surface area contributed by atoms with Crippen LogP contribution >= 0.6 is 0 Å². The van der Waals surface area contributed by atoms with Gasteiger partial charge < -0.3 is 14.7 Å². The van der Waals surface area contributed by atoms with Crippen LogP contribution in [0.4, 0.5) is 5.82 Å². The third kappa shape index (κ3) is 4.09. The second-order valence-corrected chi connectivity index (χ2v) is 8.88. The number of carbonyl (C=O) groups excluding carboxylic acids is 1. The molecule has 9 heteroatoms. The highest BCUT2D eigenvalue weighted by Crippen LogP contribution is 2.19. The molecule has 0 radical (unpaired) electrons. The number of sulfone groups is 1. The van der Waals surface area contributed by atoms with Crippen molar-refractivity contribution in [3.8, 4) is 0 Å². The van der Waals surface area contributed by atoms with Gasteiger partial charge in [0, 0.05) is 45.3 Å². The van der Waals surface area contributed by atoms with Crippen molar-refractivity contribution in [1.29, 1.82) is 0 Å². The minimum absolute atomic E-state index is 0.0339.